The van der Waals surface area contributed by atoms with Gasteiger partial charge in [0, 0.05) is 6.54 Å². The first-order chi connectivity index (χ1) is 7.59. The van der Waals surface area contributed by atoms with E-state index < -0.39 is 17.8 Å². The maximum absolute atomic E-state index is 11.4. The number of hydrogen-bond donors (Lipinski definition) is 2. The predicted octanol–water partition coefficient (Wildman–Crippen LogP) is 2.31. The van der Waals surface area contributed by atoms with Crippen LogP contribution in [-0.4, -0.2) is 29.4 Å². The lowest BCUT2D eigenvalue weighted by Gasteiger charge is -2.44. The van der Waals surface area contributed by atoms with Crippen LogP contribution in [0, 0.1) is 11.3 Å². The molecule has 0 aliphatic heterocycles. The molecule has 0 aromatic heterocycles. The molecule has 1 fully saturated rings. The summed E-state index contributed by atoms with van der Waals surface area (Å²) in [7, 11) is 0. The minimum atomic E-state index is -0.493. The highest BCUT2D eigenvalue weighted by Crippen LogP contribution is 2.46. The second-order valence-corrected chi connectivity index (χ2v) is 6.78. The molecule has 4 heteroatoms. The van der Waals surface area contributed by atoms with Crippen LogP contribution in [0.25, 0.3) is 0 Å². The average Bonchev–Trinajstić information content (AvgIpc) is 2.07. The Morgan fingerprint density at radius 3 is 2.41 bits per heavy atom. The van der Waals surface area contributed by atoms with Gasteiger partial charge < -0.3 is 15.2 Å². The van der Waals surface area contributed by atoms with Gasteiger partial charge in [-0.05, 0) is 44.9 Å². The van der Waals surface area contributed by atoms with Gasteiger partial charge in [0.2, 0.25) is 0 Å². The number of aliphatic hydroxyl groups excluding tert-OH is 1. The molecule has 0 aromatic carbocycles. The molecule has 0 bridgehead atoms. The standard InChI is InChI=1S/C13H25NO3/c1-12(2,3)17-11(16)14-8-10(15)9-6-13(4,5)7-9/h9-10,15H,6-8H2,1-5H3,(H,14,16). The number of rotatable bonds is 3. The zero-order chi connectivity index (χ0) is 13.3. The van der Waals surface area contributed by atoms with E-state index >= 15 is 0 Å². The summed E-state index contributed by atoms with van der Waals surface area (Å²) in [5.41, 5.74) is -0.148. The highest BCUT2D eigenvalue weighted by molar-refractivity contribution is 5.67. The Bertz CT molecular complexity index is 273. The molecule has 4 nitrogen and oxygen atoms in total. The lowest BCUT2D eigenvalue weighted by atomic mass is 9.62. The van der Waals surface area contributed by atoms with Gasteiger partial charge in [0.1, 0.15) is 5.60 Å². The van der Waals surface area contributed by atoms with E-state index in [4.69, 9.17) is 4.74 Å². The molecule has 2 N–H and O–H groups in total. The van der Waals surface area contributed by atoms with Gasteiger partial charge in [-0.2, -0.15) is 0 Å². The molecule has 17 heavy (non-hydrogen) atoms. The SMILES string of the molecule is CC1(C)CC(C(O)CNC(=O)OC(C)(C)C)C1. The molecule has 100 valence electrons. The summed E-state index contributed by atoms with van der Waals surface area (Å²) >= 11 is 0. The van der Waals surface area contributed by atoms with E-state index in [1.807, 2.05) is 20.8 Å². The predicted molar refractivity (Wildman–Crippen MR) is 66.7 cm³/mol. The van der Waals surface area contributed by atoms with Gasteiger partial charge >= 0.3 is 6.09 Å². The Hall–Kier alpha value is -0.770. The molecule has 1 unspecified atom stereocenters. The molecule has 1 saturated carbocycles. The van der Waals surface area contributed by atoms with E-state index in [1.165, 1.54) is 0 Å². The van der Waals surface area contributed by atoms with Crippen molar-refractivity contribution in [2.45, 2.75) is 59.2 Å². The molecule has 1 amide bonds. The third-order valence-electron chi connectivity index (χ3n) is 3.03. The Morgan fingerprint density at radius 1 is 1.47 bits per heavy atom. The van der Waals surface area contributed by atoms with Crippen LogP contribution in [0.4, 0.5) is 4.79 Å². The third kappa shape index (κ3) is 4.94. The zero-order valence-corrected chi connectivity index (χ0v) is 11.5. The molecule has 0 radical (unpaired) electrons. The summed E-state index contributed by atoms with van der Waals surface area (Å²) < 4.78 is 5.10. The Kier molecular flexibility index (Phi) is 4.07. The molecular weight excluding hydrogens is 218 g/mol. The molecule has 1 aliphatic carbocycles. The van der Waals surface area contributed by atoms with Crippen LogP contribution in [0.5, 0.6) is 0 Å². The summed E-state index contributed by atoms with van der Waals surface area (Å²) in [5.74, 6) is 0.305. The van der Waals surface area contributed by atoms with Crippen molar-refractivity contribution in [1.82, 2.24) is 5.32 Å². The first-order valence-electron chi connectivity index (χ1n) is 6.24. The quantitative estimate of drug-likeness (QED) is 0.799. The third-order valence-corrected chi connectivity index (χ3v) is 3.03. The fourth-order valence-corrected chi connectivity index (χ4v) is 2.30. The van der Waals surface area contributed by atoms with E-state index in [0.717, 1.165) is 12.8 Å². The van der Waals surface area contributed by atoms with Crippen molar-refractivity contribution in [3.8, 4) is 0 Å². The minimum Gasteiger partial charge on any atom is -0.444 e. The lowest BCUT2D eigenvalue weighted by molar-refractivity contribution is -0.0143. The van der Waals surface area contributed by atoms with Gasteiger partial charge in [-0.15, -0.1) is 0 Å². The summed E-state index contributed by atoms with van der Waals surface area (Å²) in [6.07, 6.45) is 1.11. The fraction of sp³-hybridized carbons (Fsp3) is 0.923. The van der Waals surface area contributed by atoms with Crippen LogP contribution in [0.2, 0.25) is 0 Å². The normalized spacial score (nSPS) is 21.5. The largest absolute Gasteiger partial charge is 0.444 e. The Balaban J connectivity index is 2.21. The number of aliphatic hydroxyl groups is 1. The lowest BCUT2D eigenvalue weighted by Crippen LogP contribution is -2.45. The summed E-state index contributed by atoms with van der Waals surface area (Å²) in [6, 6.07) is 0. The number of ether oxygens (including phenoxy) is 1. The van der Waals surface area contributed by atoms with E-state index in [1.54, 1.807) is 0 Å². The zero-order valence-electron chi connectivity index (χ0n) is 11.5. The second kappa shape index (κ2) is 4.84. The molecule has 1 aliphatic rings. The van der Waals surface area contributed by atoms with Gasteiger partial charge in [0.15, 0.2) is 0 Å². The van der Waals surface area contributed by atoms with Crippen LogP contribution in [-0.2, 0) is 4.74 Å². The first-order valence-corrected chi connectivity index (χ1v) is 6.24. The van der Waals surface area contributed by atoms with Gasteiger partial charge in [-0.1, -0.05) is 13.8 Å². The Labute approximate surface area is 104 Å². The van der Waals surface area contributed by atoms with Crippen LogP contribution < -0.4 is 5.32 Å². The number of carbonyl (C=O) groups excluding carboxylic acids is 1. The van der Waals surface area contributed by atoms with Crippen molar-refractivity contribution in [3.05, 3.63) is 0 Å². The number of carbonyl (C=O) groups is 1. The summed E-state index contributed by atoms with van der Waals surface area (Å²) in [4.78, 5) is 11.4. The summed E-state index contributed by atoms with van der Waals surface area (Å²) in [6.45, 7) is 10.1. The maximum Gasteiger partial charge on any atom is 0.407 e. The van der Waals surface area contributed by atoms with Gasteiger partial charge in [0.05, 0.1) is 6.10 Å². The van der Waals surface area contributed by atoms with E-state index in [2.05, 4.69) is 19.2 Å². The molecule has 0 spiro atoms. The maximum atomic E-state index is 11.4. The van der Waals surface area contributed by atoms with Crippen LogP contribution in [0.15, 0.2) is 0 Å². The van der Waals surface area contributed by atoms with Crippen LogP contribution in [0.1, 0.15) is 47.5 Å². The van der Waals surface area contributed by atoms with Gasteiger partial charge in [0.25, 0.3) is 0 Å². The minimum absolute atomic E-state index is 0.273. The highest BCUT2D eigenvalue weighted by atomic mass is 16.6. The average molecular weight is 243 g/mol. The van der Waals surface area contributed by atoms with Gasteiger partial charge in [-0.25, -0.2) is 4.79 Å². The van der Waals surface area contributed by atoms with Crippen molar-refractivity contribution >= 4 is 6.09 Å². The van der Waals surface area contributed by atoms with E-state index in [-0.39, 0.29) is 6.54 Å². The van der Waals surface area contributed by atoms with Crippen molar-refractivity contribution < 1.29 is 14.6 Å². The molecule has 0 saturated heterocycles. The number of nitrogens with one attached hydrogen (secondary N) is 1. The molecular formula is C13H25NO3. The van der Waals surface area contributed by atoms with E-state index in [0.29, 0.717) is 11.3 Å². The van der Waals surface area contributed by atoms with Gasteiger partial charge in [-0.3, -0.25) is 0 Å². The number of alkyl carbamates (subject to hydrolysis) is 1. The highest BCUT2D eigenvalue weighted by Gasteiger charge is 2.39. The Morgan fingerprint density at radius 2 is 2.00 bits per heavy atom. The monoisotopic (exact) mass is 243 g/mol. The van der Waals surface area contributed by atoms with E-state index in [9.17, 15) is 9.90 Å². The number of amides is 1. The molecule has 0 aromatic rings. The van der Waals surface area contributed by atoms with Crippen LogP contribution in [0.3, 0.4) is 0 Å². The smallest absolute Gasteiger partial charge is 0.407 e. The fourth-order valence-electron chi connectivity index (χ4n) is 2.30. The molecule has 0 heterocycles. The molecule has 1 rings (SSSR count). The van der Waals surface area contributed by atoms with Crippen LogP contribution >= 0.6 is 0 Å². The number of hydrogen-bond acceptors (Lipinski definition) is 3. The second-order valence-electron chi connectivity index (χ2n) is 6.78. The molecule has 1 atom stereocenters. The van der Waals surface area contributed by atoms with Crippen molar-refractivity contribution in [2.75, 3.05) is 6.54 Å². The first kappa shape index (κ1) is 14.3. The van der Waals surface area contributed by atoms with Crippen molar-refractivity contribution in [2.24, 2.45) is 11.3 Å². The van der Waals surface area contributed by atoms with Crippen molar-refractivity contribution in [3.63, 3.8) is 0 Å². The topological polar surface area (TPSA) is 58.6 Å². The summed E-state index contributed by atoms with van der Waals surface area (Å²) in [5, 5.41) is 12.5. The van der Waals surface area contributed by atoms with Crippen molar-refractivity contribution in [1.29, 1.82) is 0 Å².